The molecule has 0 radical (unpaired) electrons. The number of hydrogen-bond donors (Lipinski definition) is 2. The summed E-state index contributed by atoms with van der Waals surface area (Å²) in [6.07, 6.45) is 3.17. The van der Waals surface area contributed by atoms with E-state index in [1.165, 1.54) is 6.42 Å². The molecule has 0 spiro atoms. The standard InChI is InChI=1S/C20H34N4O.HI/c1-6-21-20(22-13-8-9-16(2)3)23-14-12-17-10-7-11-18(15-17)19(25)24(4)5;/h7,10-11,15-16H,6,8-9,12-14H2,1-5H3,(H2,21,22,23);1H. The summed E-state index contributed by atoms with van der Waals surface area (Å²) in [5.74, 6) is 1.63. The van der Waals surface area contributed by atoms with Crippen LogP contribution in [-0.2, 0) is 6.42 Å². The number of rotatable bonds is 9. The number of benzene rings is 1. The van der Waals surface area contributed by atoms with E-state index in [0.717, 1.165) is 55.5 Å². The average molecular weight is 474 g/mol. The van der Waals surface area contributed by atoms with Gasteiger partial charge in [-0.2, -0.15) is 0 Å². The van der Waals surface area contributed by atoms with Crippen molar-refractivity contribution in [3.8, 4) is 0 Å². The fourth-order valence-electron chi connectivity index (χ4n) is 2.48. The van der Waals surface area contributed by atoms with Gasteiger partial charge < -0.3 is 15.5 Å². The summed E-state index contributed by atoms with van der Waals surface area (Å²) in [6, 6.07) is 7.83. The molecule has 0 aromatic heterocycles. The van der Waals surface area contributed by atoms with Crippen molar-refractivity contribution >= 4 is 35.8 Å². The molecule has 6 heteroatoms. The Morgan fingerprint density at radius 3 is 2.58 bits per heavy atom. The predicted octanol–water partition coefficient (Wildman–Crippen LogP) is 3.54. The van der Waals surface area contributed by atoms with Crippen molar-refractivity contribution in [2.75, 3.05) is 33.7 Å². The Bertz CT molecular complexity index is 558. The summed E-state index contributed by atoms with van der Waals surface area (Å²) < 4.78 is 0. The molecule has 0 atom stereocenters. The van der Waals surface area contributed by atoms with Crippen LogP contribution in [0.2, 0.25) is 0 Å². The van der Waals surface area contributed by atoms with Gasteiger partial charge in [-0.15, -0.1) is 24.0 Å². The molecule has 0 saturated heterocycles. The number of nitrogens with one attached hydrogen (secondary N) is 2. The second-order valence-corrected chi connectivity index (χ2v) is 6.87. The van der Waals surface area contributed by atoms with Crippen LogP contribution in [0, 0.1) is 5.92 Å². The maximum absolute atomic E-state index is 12.0. The van der Waals surface area contributed by atoms with Gasteiger partial charge >= 0.3 is 0 Å². The van der Waals surface area contributed by atoms with Crippen molar-refractivity contribution in [3.05, 3.63) is 35.4 Å². The number of aliphatic imine (C=N–C) groups is 1. The minimum atomic E-state index is 0. The highest BCUT2D eigenvalue weighted by Crippen LogP contribution is 2.08. The maximum Gasteiger partial charge on any atom is 0.253 e. The Morgan fingerprint density at radius 1 is 1.23 bits per heavy atom. The Labute approximate surface area is 176 Å². The zero-order valence-corrected chi connectivity index (χ0v) is 19.2. The number of guanidine groups is 1. The number of carbonyl (C=O) groups excluding carboxylic acids is 1. The highest BCUT2D eigenvalue weighted by molar-refractivity contribution is 14.0. The molecule has 0 heterocycles. The Balaban J connectivity index is 0.00000625. The molecule has 1 amide bonds. The summed E-state index contributed by atoms with van der Waals surface area (Å²) in [6.45, 7) is 9.03. The van der Waals surface area contributed by atoms with Gasteiger partial charge in [-0.25, -0.2) is 0 Å². The van der Waals surface area contributed by atoms with E-state index in [9.17, 15) is 4.79 Å². The molecule has 0 aliphatic rings. The molecule has 0 bridgehead atoms. The van der Waals surface area contributed by atoms with Gasteiger partial charge in [0.25, 0.3) is 5.91 Å². The first-order valence-corrected chi connectivity index (χ1v) is 9.26. The number of carbonyl (C=O) groups is 1. The van der Waals surface area contributed by atoms with Gasteiger partial charge in [0.05, 0.1) is 0 Å². The lowest BCUT2D eigenvalue weighted by atomic mass is 10.1. The molecule has 1 aromatic carbocycles. The second kappa shape index (κ2) is 13.8. The van der Waals surface area contributed by atoms with Gasteiger partial charge in [0.1, 0.15) is 0 Å². The van der Waals surface area contributed by atoms with E-state index in [-0.39, 0.29) is 29.9 Å². The lowest BCUT2D eigenvalue weighted by molar-refractivity contribution is 0.0827. The van der Waals surface area contributed by atoms with E-state index >= 15 is 0 Å². The molecule has 26 heavy (non-hydrogen) atoms. The molecule has 0 fully saturated rings. The second-order valence-electron chi connectivity index (χ2n) is 6.87. The van der Waals surface area contributed by atoms with E-state index in [4.69, 9.17) is 0 Å². The molecular formula is C20H35IN4O. The summed E-state index contributed by atoms with van der Waals surface area (Å²) in [7, 11) is 3.55. The van der Waals surface area contributed by atoms with Gasteiger partial charge in [0.2, 0.25) is 0 Å². The van der Waals surface area contributed by atoms with Crippen molar-refractivity contribution in [2.24, 2.45) is 10.9 Å². The molecule has 2 N–H and O–H groups in total. The van der Waals surface area contributed by atoms with Crippen LogP contribution < -0.4 is 10.6 Å². The summed E-state index contributed by atoms with van der Waals surface area (Å²) in [5.41, 5.74) is 1.88. The third-order valence-corrected chi connectivity index (χ3v) is 3.84. The third kappa shape index (κ3) is 9.99. The van der Waals surface area contributed by atoms with Crippen LogP contribution in [-0.4, -0.2) is 50.5 Å². The third-order valence-electron chi connectivity index (χ3n) is 3.84. The van der Waals surface area contributed by atoms with Crippen LogP contribution in [0.1, 0.15) is 49.5 Å². The first-order chi connectivity index (χ1) is 11.9. The zero-order valence-electron chi connectivity index (χ0n) is 16.8. The molecular weight excluding hydrogens is 439 g/mol. The van der Waals surface area contributed by atoms with Crippen molar-refractivity contribution in [2.45, 2.75) is 40.0 Å². The van der Waals surface area contributed by atoms with E-state index in [1.54, 1.807) is 19.0 Å². The Hall–Kier alpha value is -1.31. The molecule has 1 rings (SSSR count). The average Bonchev–Trinajstić information content (AvgIpc) is 2.58. The first-order valence-electron chi connectivity index (χ1n) is 9.26. The van der Waals surface area contributed by atoms with E-state index < -0.39 is 0 Å². The van der Waals surface area contributed by atoms with Crippen LogP contribution in [0.5, 0.6) is 0 Å². The number of nitrogens with zero attached hydrogens (tertiary/aromatic N) is 2. The lowest BCUT2D eigenvalue weighted by Gasteiger charge is -2.13. The predicted molar refractivity (Wildman–Crippen MR) is 122 cm³/mol. The van der Waals surface area contributed by atoms with Crippen molar-refractivity contribution < 1.29 is 4.79 Å². The molecule has 5 nitrogen and oxygen atoms in total. The minimum absolute atomic E-state index is 0. The Kier molecular flexibility index (Phi) is 13.1. The largest absolute Gasteiger partial charge is 0.357 e. The Morgan fingerprint density at radius 2 is 1.96 bits per heavy atom. The lowest BCUT2D eigenvalue weighted by Crippen LogP contribution is -2.38. The smallest absolute Gasteiger partial charge is 0.253 e. The van der Waals surface area contributed by atoms with Crippen LogP contribution in [0.3, 0.4) is 0 Å². The van der Waals surface area contributed by atoms with Gasteiger partial charge in [0.15, 0.2) is 5.96 Å². The SMILES string of the molecule is CCNC(=NCCCC(C)C)NCCc1cccc(C(=O)N(C)C)c1.I. The highest BCUT2D eigenvalue weighted by atomic mass is 127. The highest BCUT2D eigenvalue weighted by Gasteiger charge is 2.08. The molecule has 0 aliphatic carbocycles. The normalized spacial score (nSPS) is 11.1. The molecule has 148 valence electrons. The van der Waals surface area contributed by atoms with Crippen molar-refractivity contribution in [3.63, 3.8) is 0 Å². The molecule has 1 aromatic rings. The zero-order chi connectivity index (χ0) is 18.7. The van der Waals surface area contributed by atoms with Gasteiger partial charge in [-0.05, 0) is 49.8 Å². The van der Waals surface area contributed by atoms with Crippen LogP contribution in [0.15, 0.2) is 29.3 Å². The van der Waals surface area contributed by atoms with E-state index in [0.29, 0.717) is 0 Å². The quantitative estimate of drug-likeness (QED) is 0.249. The van der Waals surface area contributed by atoms with Gasteiger partial charge in [-0.3, -0.25) is 9.79 Å². The monoisotopic (exact) mass is 474 g/mol. The number of halogens is 1. The maximum atomic E-state index is 12.0. The summed E-state index contributed by atoms with van der Waals surface area (Å²) >= 11 is 0. The van der Waals surface area contributed by atoms with E-state index in [1.807, 2.05) is 18.2 Å². The number of amides is 1. The summed E-state index contributed by atoms with van der Waals surface area (Å²) in [4.78, 5) is 18.3. The number of hydrogen-bond acceptors (Lipinski definition) is 2. The van der Waals surface area contributed by atoms with E-state index in [2.05, 4.69) is 42.5 Å². The van der Waals surface area contributed by atoms with Crippen LogP contribution in [0.4, 0.5) is 0 Å². The molecule has 0 aliphatic heterocycles. The van der Waals surface area contributed by atoms with Crippen LogP contribution >= 0.6 is 24.0 Å². The van der Waals surface area contributed by atoms with Gasteiger partial charge in [0, 0.05) is 39.3 Å². The van der Waals surface area contributed by atoms with Crippen LogP contribution in [0.25, 0.3) is 0 Å². The first kappa shape index (κ1) is 24.7. The van der Waals surface area contributed by atoms with Crippen molar-refractivity contribution in [1.29, 1.82) is 0 Å². The molecule has 0 unspecified atom stereocenters. The topological polar surface area (TPSA) is 56.7 Å². The minimum Gasteiger partial charge on any atom is -0.357 e. The summed E-state index contributed by atoms with van der Waals surface area (Å²) in [5, 5.41) is 6.65. The fraction of sp³-hybridized carbons (Fsp3) is 0.600. The fourth-order valence-corrected chi connectivity index (χ4v) is 2.48. The molecule has 0 saturated carbocycles. The van der Waals surface area contributed by atoms with Gasteiger partial charge in [-0.1, -0.05) is 26.0 Å². The van der Waals surface area contributed by atoms with Crippen molar-refractivity contribution in [1.82, 2.24) is 15.5 Å².